The Morgan fingerprint density at radius 1 is 1.07 bits per heavy atom. The number of benzene rings is 1. The first kappa shape index (κ1) is 26.5. The molecule has 40 heavy (non-hydrogen) atoms. The van der Waals surface area contributed by atoms with Crippen molar-refractivity contribution in [3.63, 3.8) is 0 Å². The van der Waals surface area contributed by atoms with E-state index in [0.29, 0.717) is 35.4 Å². The van der Waals surface area contributed by atoms with Crippen molar-refractivity contribution < 1.29 is 13.2 Å². The van der Waals surface area contributed by atoms with E-state index in [-0.39, 0.29) is 28.3 Å². The van der Waals surface area contributed by atoms with Crippen LogP contribution in [0.5, 0.6) is 0 Å². The number of methoxy groups -OCH3 is 1. The minimum Gasteiger partial charge on any atom is -0.368 e. The van der Waals surface area contributed by atoms with E-state index in [1.807, 2.05) is 6.92 Å². The van der Waals surface area contributed by atoms with Crippen molar-refractivity contribution in [2.75, 3.05) is 18.4 Å². The van der Waals surface area contributed by atoms with Crippen molar-refractivity contribution in [3.8, 4) is 11.4 Å². The normalized spacial score (nSPS) is 16.3. The number of hydrogen-bond acceptors (Lipinski definition) is 10. The Morgan fingerprint density at radius 3 is 2.50 bits per heavy atom. The molecule has 2 saturated carbocycles. The number of ether oxygens (including phenoxy) is 1. The zero-order valence-corrected chi connectivity index (χ0v) is 23.5. The van der Waals surface area contributed by atoms with E-state index in [1.54, 1.807) is 29.2 Å². The van der Waals surface area contributed by atoms with Crippen LogP contribution in [0.25, 0.3) is 22.6 Å². The Kier molecular flexibility index (Phi) is 6.83. The molecule has 2 aliphatic carbocycles. The third kappa shape index (κ3) is 5.08. The molecule has 1 unspecified atom stereocenters. The topological polar surface area (TPSA) is 142 Å². The fourth-order valence-electron chi connectivity index (χ4n) is 5.06. The van der Waals surface area contributed by atoms with Crippen LogP contribution in [0.4, 0.5) is 5.82 Å². The van der Waals surface area contributed by atoms with E-state index in [0.717, 1.165) is 48.2 Å². The maximum absolute atomic E-state index is 13.8. The van der Waals surface area contributed by atoms with Crippen molar-refractivity contribution in [2.45, 2.75) is 62.9 Å². The van der Waals surface area contributed by atoms with Gasteiger partial charge in [0.1, 0.15) is 11.8 Å². The van der Waals surface area contributed by atoms with Crippen LogP contribution in [0.3, 0.4) is 0 Å². The zero-order chi connectivity index (χ0) is 28.0. The molecular formula is C28H31N7O4S. The van der Waals surface area contributed by atoms with E-state index < -0.39 is 9.84 Å². The van der Waals surface area contributed by atoms with Gasteiger partial charge < -0.3 is 10.1 Å². The molecular weight excluding hydrogens is 530 g/mol. The summed E-state index contributed by atoms with van der Waals surface area (Å²) in [6, 6.07) is 6.43. The van der Waals surface area contributed by atoms with Crippen molar-refractivity contribution in [2.24, 2.45) is 5.92 Å². The molecule has 1 atom stereocenters. The maximum atomic E-state index is 13.8. The molecule has 3 aromatic heterocycles. The first-order chi connectivity index (χ1) is 19.3. The molecule has 6 rings (SSSR count). The summed E-state index contributed by atoms with van der Waals surface area (Å²) in [5.41, 5.74) is 4.18. The van der Waals surface area contributed by atoms with Crippen LogP contribution in [0, 0.1) is 12.8 Å². The average molecular weight is 562 g/mol. The third-order valence-electron chi connectivity index (χ3n) is 7.61. The van der Waals surface area contributed by atoms with Crippen LogP contribution < -0.4 is 10.9 Å². The SMILES string of the molecule is COCS(=O)(=O)c1ccc(CNc2nc3cnc(-c4c(C)ncnc4C4CC4)nc3n(C(C)C3CC3)c2=O)cc1. The third-order valence-corrected chi connectivity index (χ3v) is 9.15. The smallest absolute Gasteiger partial charge is 0.295 e. The maximum Gasteiger partial charge on any atom is 0.295 e. The summed E-state index contributed by atoms with van der Waals surface area (Å²) < 4.78 is 31.0. The highest BCUT2D eigenvalue weighted by Gasteiger charge is 2.33. The number of aryl methyl sites for hydroxylation is 1. The lowest BCUT2D eigenvalue weighted by molar-refractivity contribution is 0.250. The molecule has 2 fully saturated rings. The van der Waals surface area contributed by atoms with Crippen molar-refractivity contribution in [3.05, 3.63) is 64.1 Å². The van der Waals surface area contributed by atoms with Crippen LogP contribution in [-0.4, -0.2) is 51.0 Å². The highest BCUT2D eigenvalue weighted by atomic mass is 32.2. The molecule has 4 aromatic rings. The molecule has 1 N–H and O–H groups in total. The molecule has 0 radical (unpaired) electrons. The van der Waals surface area contributed by atoms with Gasteiger partial charge in [-0.15, -0.1) is 0 Å². The van der Waals surface area contributed by atoms with Gasteiger partial charge in [-0.3, -0.25) is 9.36 Å². The van der Waals surface area contributed by atoms with Gasteiger partial charge in [0.05, 0.1) is 28.0 Å². The number of nitrogens with one attached hydrogen (secondary N) is 1. The first-order valence-corrected chi connectivity index (χ1v) is 15.1. The Morgan fingerprint density at radius 2 is 1.82 bits per heavy atom. The predicted molar refractivity (Wildman–Crippen MR) is 150 cm³/mol. The number of anilines is 1. The number of rotatable bonds is 10. The van der Waals surface area contributed by atoms with Gasteiger partial charge in [0.15, 0.2) is 23.2 Å². The Hall–Kier alpha value is -3.77. The van der Waals surface area contributed by atoms with E-state index in [1.165, 1.54) is 19.2 Å². The molecule has 11 nitrogen and oxygen atoms in total. The Balaban J connectivity index is 1.36. The molecule has 2 aliphatic rings. The molecule has 0 spiro atoms. The summed E-state index contributed by atoms with van der Waals surface area (Å²) in [7, 11) is -2.16. The fourth-order valence-corrected chi connectivity index (χ4v) is 6.06. The molecule has 208 valence electrons. The highest BCUT2D eigenvalue weighted by Crippen LogP contribution is 2.43. The van der Waals surface area contributed by atoms with E-state index in [4.69, 9.17) is 9.72 Å². The number of fused-ring (bicyclic) bond motifs is 1. The summed E-state index contributed by atoms with van der Waals surface area (Å²) in [5.74, 6) is 1.12. The van der Waals surface area contributed by atoms with Crippen molar-refractivity contribution in [1.29, 1.82) is 0 Å². The number of sulfone groups is 1. The Labute approximate surface area is 232 Å². The molecule has 3 heterocycles. The quantitative estimate of drug-likeness (QED) is 0.304. The van der Waals surface area contributed by atoms with Crippen LogP contribution in [-0.2, 0) is 21.1 Å². The van der Waals surface area contributed by atoms with E-state index in [2.05, 4.69) is 32.2 Å². The molecule has 0 bridgehead atoms. The molecule has 1 aromatic carbocycles. The van der Waals surface area contributed by atoms with Crippen LogP contribution >= 0.6 is 0 Å². The predicted octanol–water partition coefficient (Wildman–Crippen LogP) is 3.79. The summed E-state index contributed by atoms with van der Waals surface area (Å²) in [6.45, 7) is 4.28. The minimum absolute atomic E-state index is 0.0532. The van der Waals surface area contributed by atoms with Crippen molar-refractivity contribution in [1.82, 2.24) is 29.5 Å². The second-order valence-electron chi connectivity index (χ2n) is 10.6. The largest absolute Gasteiger partial charge is 0.368 e. The van der Waals surface area contributed by atoms with Gasteiger partial charge in [-0.2, -0.15) is 0 Å². The van der Waals surface area contributed by atoms with Gasteiger partial charge >= 0.3 is 0 Å². The first-order valence-electron chi connectivity index (χ1n) is 13.4. The van der Waals surface area contributed by atoms with Crippen LogP contribution in [0.15, 0.2) is 46.5 Å². The molecule has 0 saturated heterocycles. The number of hydrogen-bond donors (Lipinski definition) is 1. The molecule has 0 amide bonds. The van der Waals surface area contributed by atoms with Gasteiger partial charge in [0, 0.05) is 25.6 Å². The highest BCUT2D eigenvalue weighted by molar-refractivity contribution is 7.91. The molecule has 12 heteroatoms. The van der Waals surface area contributed by atoms with E-state index in [9.17, 15) is 13.2 Å². The van der Waals surface area contributed by atoms with Crippen LogP contribution in [0.2, 0.25) is 0 Å². The average Bonchev–Trinajstić information content (AvgIpc) is 3.85. The summed E-state index contributed by atoms with van der Waals surface area (Å²) in [4.78, 5) is 37.0. The fraction of sp³-hybridized carbons (Fsp3) is 0.429. The standard InChI is InChI=1S/C28H31N7O4S/c1-16-23(24(20-8-9-20)32-14-31-16)25-30-13-22-27(34-25)35(17(2)19-6-7-19)28(36)26(33-22)29-12-18-4-10-21(11-5-18)40(37,38)15-39-3/h4-5,10-11,13-14,17,19-20H,6-9,12,15H2,1-3H3,(H,29,33). The lowest BCUT2D eigenvalue weighted by Gasteiger charge is -2.19. The lowest BCUT2D eigenvalue weighted by Crippen LogP contribution is -2.29. The summed E-state index contributed by atoms with van der Waals surface area (Å²) in [6.07, 6.45) is 7.55. The second kappa shape index (κ2) is 10.3. The second-order valence-corrected chi connectivity index (χ2v) is 12.6. The zero-order valence-electron chi connectivity index (χ0n) is 22.7. The Bertz CT molecular complexity index is 1750. The van der Waals surface area contributed by atoms with Gasteiger partial charge in [-0.05, 0) is 63.1 Å². The monoisotopic (exact) mass is 561 g/mol. The molecule has 0 aliphatic heterocycles. The summed E-state index contributed by atoms with van der Waals surface area (Å²) >= 11 is 0. The lowest BCUT2D eigenvalue weighted by atomic mass is 10.1. The van der Waals surface area contributed by atoms with E-state index >= 15 is 0 Å². The van der Waals surface area contributed by atoms with Gasteiger partial charge in [0.25, 0.3) is 5.56 Å². The van der Waals surface area contributed by atoms with Gasteiger partial charge in [-0.1, -0.05) is 12.1 Å². The van der Waals surface area contributed by atoms with Crippen molar-refractivity contribution >= 4 is 26.8 Å². The van der Waals surface area contributed by atoms with Crippen LogP contribution in [0.1, 0.15) is 61.5 Å². The summed E-state index contributed by atoms with van der Waals surface area (Å²) in [5, 5.41) is 3.15. The number of aromatic nitrogens is 6. The van der Waals surface area contributed by atoms with Gasteiger partial charge in [-0.25, -0.2) is 33.3 Å². The minimum atomic E-state index is -3.50. The number of nitrogens with zero attached hydrogens (tertiary/aromatic N) is 6. The van der Waals surface area contributed by atoms with Gasteiger partial charge in [0.2, 0.25) is 9.84 Å².